The molecule has 1 aromatic rings. The highest BCUT2D eigenvalue weighted by atomic mass is 16.5. The molecule has 1 aliphatic heterocycles. The lowest BCUT2D eigenvalue weighted by molar-refractivity contribution is -0.134. The van der Waals surface area contributed by atoms with Crippen LogP contribution in [0.15, 0.2) is 12.4 Å². The molecule has 1 saturated heterocycles. The monoisotopic (exact) mass is 264 g/mol. The van der Waals surface area contributed by atoms with E-state index >= 15 is 0 Å². The SMILES string of the molecule is Cn1cc(C(O)C2CCOC3(CCCCC3)C2)cn1. The Bertz CT molecular complexity index is 418. The molecule has 2 atom stereocenters. The Labute approximate surface area is 114 Å². The van der Waals surface area contributed by atoms with Crippen molar-refractivity contribution in [2.24, 2.45) is 13.0 Å². The summed E-state index contributed by atoms with van der Waals surface area (Å²) < 4.78 is 7.85. The third-order valence-electron chi connectivity index (χ3n) is 4.81. The van der Waals surface area contributed by atoms with Crippen LogP contribution < -0.4 is 0 Å². The average molecular weight is 264 g/mol. The molecule has 2 heterocycles. The van der Waals surface area contributed by atoms with Gasteiger partial charge < -0.3 is 9.84 Å². The summed E-state index contributed by atoms with van der Waals surface area (Å²) >= 11 is 0. The fourth-order valence-corrected chi connectivity index (χ4v) is 3.74. The third kappa shape index (κ3) is 2.70. The van der Waals surface area contributed by atoms with Crippen molar-refractivity contribution in [3.05, 3.63) is 18.0 Å². The van der Waals surface area contributed by atoms with Gasteiger partial charge in [-0.25, -0.2) is 0 Å². The van der Waals surface area contributed by atoms with Crippen molar-refractivity contribution >= 4 is 0 Å². The van der Waals surface area contributed by atoms with Gasteiger partial charge in [0.25, 0.3) is 0 Å². The average Bonchev–Trinajstić information content (AvgIpc) is 2.85. The number of aliphatic hydroxyl groups is 1. The highest BCUT2D eigenvalue weighted by Gasteiger charge is 2.40. The van der Waals surface area contributed by atoms with Crippen molar-refractivity contribution < 1.29 is 9.84 Å². The van der Waals surface area contributed by atoms with Gasteiger partial charge in [0.15, 0.2) is 0 Å². The second-order valence-electron chi connectivity index (χ2n) is 6.24. The first-order chi connectivity index (χ1) is 9.19. The van der Waals surface area contributed by atoms with Crippen LogP contribution in [0, 0.1) is 5.92 Å². The number of aromatic nitrogens is 2. The summed E-state index contributed by atoms with van der Waals surface area (Å²) in [6.45, 7) is 0.794. The van der Waals surface area contributed by atoms with Crippen LogP contribution in [0.2, 0.25) is 0 Å². The van der Waals surface area contributed by atoms with E-state index in [4.69, 9.17) is 4.74 Å². The topological polar surface area (TPSA) is 47.3 Å². The molecule has 0 aromatic carbocycles. The Morgan fingerprint density at radius 3 is 2.89 bits per heavy atom. The van der Waals surface area contributed by atoms with Gasteiger partial charge in [-0.15, -0.1) is 0 Å². The van der Waals surface area contributed by atoms with Crippen molar-refractivity contribution in [1.82, 2.24) is 9.78 Å². The minimum absolute atomic E-state index is 0.0599. The van der Waals surface area contributed by atoms with Crippen LogP contribution in [0.4, 0.5) is 0 Å². The first kappa shape index (κ1) is 13.1. The zero-order valence-electron chi connectivity index (χ0n) is 11.7. The van der Waals surface area contributed by atoms with E-state index in [1.807, 2.05) is 13.2 Å². The molecule has 19 heavy (non-hydrogen) atoms. The Hall–Kier alpha value is -0.870. The van der Waals surface area contributed by atoms with Crippen LogP contribution in [0.3, 0.4) is 0 Å². The molecule has 1 spiro atoms. The molecule has 0 radical (unpaired) electrons. The van der Waals surface area contributed by atoms with Gasteiger partial charge in [-0.05, 0) is 31.6 Å². The van der Waals surface area contributed by atoms with E-state index in [1.165, 1.54) is 32.1 Å². The summed E-state index contributed by atoms with van der Waals surface area (Å²) in [5.74, 6) is 0.316. The number of ether oxygens (including phenoxy) is 1. The first-order valence-corrected chi connectivity index (χ1v) is 7.49. The Morgan fingerprint density at radius 2 is 2.21 bits per heavy atom. The van der Waals surface area contributed by atoms with Gasteiger partial charge in [0.2, 0.25) is 0 Å². The Kier molecular flexibility index (Phi) is 3.63. The molecule has 2 aliphatic rings. The Morgan fingerprint density at radius 1 is 1.42 bits per heavy atom. The molecule has 0 amide bonds. The van der Waals surface area contributed by atoms with Crippen molar-refractivity contribution in [2.75, 3.05) is 6.61 Å². The molecular weight excluding hydrogens is 240 g/mol. The molecule has 4 nitrogen and oxygen atoms in total. The number of aliphatic hydroxyl groups excluding tert-OH is 1. The van der Waals surface area contributed by atoms with Gasteiger partial charge in [-0.3, -0.25) is 4.68 Å². The molecule has 2 unspecified atom stereocenters. The second kappa shape index (κ2) is 5.25. The minimum atomic E-state index is -0.392. The van der Waals surface area contributed by atoms with Gasteiger partial charge in [-0.2, -0.15) is 5.10 Å². The lowest BCUT2D eigenvalue weighted by atomic mass is 9.74. The number of rotatable bonds is 2. The summed E-state index contributed by atoms with van der Waals surface area (Å²) in [6.07, 6.45) is 11.5. The number of nitrogens with zero attached hydrogens (tertiary/aromatic N) is 2. The van der Waals surface area contributed by atoms with Gasteiger partial charge >= 0.3 is 0 Å². The van der Waals surface area contributed by atoms with Crippen molar-refractivity contribution in [2.45, 2.75) is 56.7 Å². The molecule has 1 aliphatic carbocycles. The summed E-state index contributed by atoms with van der Waals surface area (Å²) in [6, 6.07) is 0. The van der Waals surface area contributed by atoms with E-state index in [1.54, 1.807) is 10.9 Å². The van der Waals surface area contributed by atoms with Gasteiger partial charge in [0, 0.05) is 25.4 Å². The van der Waals surface area contributed by atoms with Gasteiger partial charge in [0.1, 0.15) is 0 Å². The fourth-order valence-electron chi connectivity index (χ4n) is 3.74. The molecule has 1 aromatic heterocycles. The summed E-state index contributed by atoms with van der Waals surface area (Å²) in [5.41, 5.74) is 1.00. The van der Waals surface area contributed by atoms with Gasteiger partial charge in [0.05, 0.1) is 17.9 Å². The van der Waals surface area contributed by atoms with Crippen LogP contribution in [0.5, 0.6) is 0 Å². The lowest BCUT2D eigenvalue weighted by Crippen LogP contribution is -2.42. The van der Waals surface area contributed by atoms with Crippen LogP contribution in [-0.4, -0.2) is 27.1 Å². The van der Waals surface area contributed by atoms with E-state index in [2.05, 4.69) is 5.10 Å². The number of hydrogen-bond acceptors (Lipinski definition) is 3. The Balaban J connectivity index is 1.70. The van der Waals surface area contributed by atoms with Crippen molar-refractivity contribution in [1.29, 1.82) is 0 Å². The van der Waals surface area contributed by atoms with E-state index in [9.17, 15) is 5.11 Å². The lowest BCUT2D eigenvalue weighted by Gasteiger charge is -2.44. The quantitative estimate of drug-likeness (QED) is 0.893. The largest absolute Gasteiger partial charge is 0.388 e. The van der Waals surface area contributed by atoms with E-state index < -0.39 is 6.10 Å². The van der Waals surface area contributed by atoms with Crippen LogP contribution in [-0.2, 0) is 11.8 Å². The molecule has 106 valence electrons. The summed E-state index contributed by atoms with van der Waals surface area (Å²) in [7, 11) is 1.89. The van der Waals surface area contributed by atoms with Crippen LogP contribution in [0.25, 0.3) is 0 Å². The van der Waals surface area contributed by atoms with E-state index in [-0.39, 0.29) is 5.60 Å². The molecule has 1 saturated carbocycles. The first-order valence-electron chi connectivity index (χ1n) is 7.49. The maximum absolute atomic E-state index is 10.6. The zero-order valence-corrected chi connectivity index (χ0v) is 11.7. The summed E-state index contributed by atoms with van der Waals surface area (Å²) in [5, 5.41) is 14.7. The molecule has 0 bridgehead atoms. The van der Waals surface area contributed by atoms with E-state index in [0.29, 0.717) is 5.92 Å². The van der Waals surface area contributed by atoms with Crippen LogP contribution in [0.1, 0.15) is 56.6 Å². The molecule has 4 heteroatoms. The van der Waals surface area contributed by atoms with Crippen molar-refractivity contribution in [3.63, 3.8) is 0 Å². The zero-order chi connectivity index (χ0) is 13.3. The predicted molar refractivity (Wildman–Crippen MR) is 72.7 cm³/mol. The highest BCUT2D eigenvalue weighted by Crippen LogP contribution is 2.44. The molecule has 3 rings (SSSR count). The fraction of sp³-hybridized carbons (Fsp3) is 0.800. The van der Waals surface area contributed by atoms with Gasteiger partial charge in [-0.1, -0.05) is 19.3 Å². The summed E-state index contributed by atoms with van der Waals surface area (Å²) in [4.78, 5) is 0. The molecular formula is C15H24N2O2. The molecule has 1 N–H and O–H groups in total. The highest BCUT2D eigenvalue weighted by molar-refractivity contribution is 5.10. The predicted octanol–water partition coefficient (Wildman–Crippen LogP) is 2.58. The maximum atomic E-state index is 10.6. The third-order valence-corrected chi connectivity index (χ3v) is 4.81. The normalized spacial score (nSPS) is 28.4. The minimum Gasteiger partial charge on any atom is -0.388 e. The second-order valence-corrected chi connectivity index (χ2v) is 6.24. The maximum Gasteiger partial charge on any atom is 0.0850 e. The smallest absolute Gasteiger partial charge is 0.0850 e. The number of aryl methyl sites for hydroxylation is 1. The molecule has 2 fully saturated rings. The standard InChI is InChI=1S/C15H24N2O2/c1-17-11-13(10-16-17)14(18)12-5-8-19-15(9-12)6-3-2-4-7-15/h10-12,14,18H,2-9H2,1H3. The van der Waals surface area contributed by atoms with E-state index in [0.717, 1.165) is 25.0 Å². The van der Waals surface area contributed by atoms with Crippen LogP contribution >= 0.6 is 0 Å². The van der Waals surface area contributed by atoms with Crippen molar-refractivity contribution in [3.8, 4) is 0 Å². The number of hydrogen-bond donors (Lipinski definition) is 1.